The molecule has 0 spiro atoms. The molecule has 0 amide bonds. The molecule has 0 unspecified atom stereocenters. The van der Waals surface area contributed by atoms with Gasteiger partial charge in [-0.2, -0.15) is 0 Å². The van der Waals surface area contributed by atoms with E-state index in [2.05, 4.69) is 15.3 Å². The topological polar surface area (TPSA) is 84.3 Å². The van der Waals surface area contributed by atoms with Crippen molar-refractivity contribution in [3.05, 3.63) is 42.2 Å². The first-order chi connectivity index (χ1) is 13.1. The van der Waals surface area contributed by atoms with E-state index in [4.69, 9.17) is 4.74 Å². The van der Waals surface area contributed by atoms with Crippen LogP contribution in [0.3, 0.4) is 0 Å². The van der Waals surface area contributed by atoms with Crippen LogP contribution in [0, 0.1) is 0 Å². The number of Topliss-reactive ketones (excluding diaryl/α,β-unsaturated/α-hetero) is 1. The Hall–Kier alpha value is -2.51. The molecule has 0 saturated heterocycles. The van der Waals surface area contributed by atoms with Gasteiger partial charge in [0.2, 0.25) is 0 Å². The van der Waals surface area contributed by atoms with Crippen LogP contribution >= 0.6 is 11.3 Å². The smallest absolute Gasteiger partial charge is 0.184 e. The molecule has 6 nitrogen and oxygen atoms in total. The number of benzene rings is 1. The summed E-state index contributed by atoms with van der Waals surface area (Å²) in [7, 11) is 0. The van der Waals surface area contributed by atoms with E-state index >= 15 is 0 Å². The number of pyridine rings is 1. The fourth-order valence-electron chi connectivity index (χ4n) is 3.27. The molecule has 0 bridgehead atoms. The highest BCUT2D eigenvalue weighted by Gasteiger charge is 2.23. The molecule has 2 aromatic heterocycles. The first-order valence-electron chi connectivity index (χ1n) is 9.08. The summed E-state index contributed by atoms with van der Waals surface area (Å²) in [5.74, 6) is 1.15. The molecule has 7 heteroatoms. The number of ketones is 1. The number of rotatable bonds is 5. The number of aliphatic hydroxyl groups is 1. The van der Waals surface area contributed by atoms with E-state index < -0.39 is 0 Å². The number of carbonyl (C=O) groups excluding carboxylic acids is 1. The number of anilines is 1. The van der Waals surface area contributed by atoms with Crippen LogP contribution in [0.25, 0.3) is 10.2 Å². The average Bonchev–Trinajstić information content (AvgIpc) is 3.05. The summed E-state index contributed by atoms with van der Waals surface area (Å²) >= 11 is 1.55. The molecule has 2 heterocycles. The minimum Gasteiger partial charge on any atom is -0.457 e. The molecule has 1 saturated carbocycles. The monoisotopic (exact) mass is 383 g/mol. The highest BCUT2D eigenvalue weighted by atomic mass is 32.1. The average molecular weight is 383 g/mol. The van der Waals surface area contributed by atoms with E-state index in [9.17, 15) is 9.90 Å². The summed E-state index contributed by atoms with van der Waals surface area (Å²) in [6.45, 7) is 1.48. The maximum Gasteiger partial charge on any atom is 0.184 e. The van der Waals surface area contributed by atoms with Crippen molar-refractivity contribution in [1.82, 2.24) is 9.97 Å². The largest absolute Gasteiger partial charge is 0.457 e. The number of nitrogens with zero attached hydrogens (tertiary/aromatic N) is 2. The van der Waals surface area contributed by atoms with Gasteiger partial charge in [0.05, 0.1) is 22.4 Å². The Morgan fingerprint density at radius 2 is 2.04 bits per heavy atom. The SMILES string of the molecule is CC(=O)c1cc(Oc2ccc3nc(N[C@H]4CCCC[C@@H]4O)sc3c2)ccn1. The van der Waals surface area contributed by atoms with Crippen molar-refractivity contribution >= 4 is 32.5 Å². The molecular weight excluding hydrogens is 362 g/mol. The van der Waals surface area contributed by atoms with Gasteiger partial charge in [-0.1, -0.05) is 24.2 Å². The number of carbonyl (C=O) groups is 1. The van der Waals surface area contributed by atoms with Crippen molar-refractivity contribution in [2.45, 2.75) is 44.8 Å². The van der Waals surface area contributed by atoms with Crippen LogP contribution in [0.1, 0.15) is 43.1 Å². The highest BCUT2D eigenvalue weighted by molar-refractivity contribution is 7.22. The Bertz CT molecular complexity index is 972. The summed E-state index contributed by atoms with van der Waals surface area (Å²) in [5.41, 5.74) is 1.27. The first-order valence-corrected chi connectivity index (χ1v) is 9.90. The van der Waals surface area contributed by atoms with E-state index in [0.717, 1.165) is 41.0 Å². The number of nitrogens with one attached hydrogen (secondary N) is 1. The summed E-state index contributed by atoms with van der Waals surface area (Å²) in [6.07, 6.45) is 5.27. The molecule has 0 aliphatic heterocycles. The zero-order valence-corrected chi connectivity index (χ0v) is 15.8. The fourth-order valence-corrected chi connectivity index (χ4v) is 4.23. The number of aliphatic hydroxyl groups excluding tert-OH is 1. The fraction of sp³-hybridized carbons (Fsp3) is 0.350. The van der Waals surface area contributed by atoms with E-state index in [1.54, 1.807) is 29.7 Å². The Balaban J connectivity index is 1.52. The Labute approximate surface area is 161 Å². The number of ether oxygens (including phenoxy) is 1. The van der Waals surface area contributed by atoms with Gasteiger partial charge in [0.1, 0.15) is 17.2 Å². The van der Waals surface area contributed by atoms with Crippen LogP contribution in [0.15, 0.2) is 36.5 Å². The molecular formula is C20H21N3O3S. The third-order valence-corrected chi connectivity index (χ3v) is 5.68. The lowest BCUT2D eigenvalue weighted by Crippen LogP contribution is -2.36. The Morgan fingerprint density at radius 3 is 2.85 bits per heavy atom. The van der Waals surface area contributed by atoms with Gasteiger partial charge < -0.3 is 15.2 Å². The van der Waals surface area contributed by atoms with Crippen molar-refractivity contribution in [1.29, 1.82) is 0 Å². The second-order valence-electron chi connectivity index (χ2n) is 6.79. The van der Waals surface area contributed by atoms with Crippen LogP contribution in [-0.4, -0.2) is 33.0 Å². The Kier molecular flexibility index (Phi) is 5.05. The second-order valence-corrected chi connectivity index (χ2v) is 7.82. The van der Waals surface area contributed by atoms with E-state index in [1.165, 1.54) is 6.92 Å². The lowest BCUT2D eigenvalue weighted by molar-refractivity contribution is 0.101. The number of thiazole rings is 1. The number of hydrogen-bond acceptors (Lipinski definition) is 7. The molecule has 2 atom stereocenters. The number of aromatic nitrogens is 2. The quantitative estimate of drug-likeness (QED) is 0.635. The minimum absolute atomic E-state index is 0.0665. The minimum atomic E-state index is -0.313. The molecule has 140 valence electrons. The lowest BCUT2D eigenvalue weighted by atomic mass is 9.93. The Morgan fingerprint density at radius 1 is 1.22 bits per heavy atom. The molecule has 2 N–H and O–H groups in total. The van der Waals surface area contributed by atoms with Gasteiger partial charge in [0.25, 0.3) is 0 Å². The van der Waals surface area contributed by atoms with Gasteiger partial charge >= 0.3 is 0 Å². The zero-order valence-electron chi connectivity index (χ0n) is 15.0. The van der Waals surface area contributed by atoms with Crippen LogP contribution in [-0.2, 0) is 0 Å². The number of fused-ring (bicyclic) bond motifs is 1. The van der Waals surface area contributed by atoms with Crippen LogP contribution in [0.2, 0.25) is 0 Å². The summed E-state index contributed by atoms with van der Waals surface area (Å²) in [6, 6.07) is 9.13. The van der Waals surface area contributed by atoms with Crippen molar-refractivity contribution in [3.8, 4) is 11.5 Å². The molecule has 1 aromatic carbocycles. The predicted molar refractivity (Wildman–Crippen MR) is 106 cm³/mol. The molecule has 1 fully saturated rings. The van der Waals surface area contributed by atoms with Gasteiger partial charge in [-0.15, -0.1) is 0 Å². The van der Waals surface area contributed by atoms with E-state index in [0.29, 0.717) is 17.2 Å². The standard InChI is InChI=1S/C20H21N3O3S/c1-12(24)17-10-14(8-9-21-17)26-13-6-7-16-19(11-13)27-20(23-16)22-15-4-2-3-5-18(15)25/h6-11,15,18,25H,2-5H2,1H3,(H,22,23)/t15-,18-/m0/s1. The van der Waals surface area contributed by atoms with Gasteiger partial charge in [0, 0.05) is 25.3 Å². The third kappa shape index (κ3) is 4.09. The summed E-state index contributed by atoms with van der Waals surface area (Å²) in [4.78, 5) is 20.1. The second kappa shape index (κ2) is 7.62. The van der Waals surface area contributed by atoms with Crippen molar-refractivity contribution in [2.24, 2.45) is 0 Å². The van der Waals surface area contributed by atoms with Crippen molar-refractivity contribution < 1.29 is 14.6 Å². The molecule has 4 rings (SSSR count). The number of hydrogen-bond donors (Lipinski definition) is 2. The molecule has 1 aliphatic carbocycles. The van der Waals surface area contributed by atoms with Gasteiger partial charge in [-0.05, 0) is 31.0 Å². The predicted octanol–water partition coefficient (Wildman–Crippen LogP) is 4.40. The van der Waals surface area contributed by atoms with Crippen LogP contribution in [0.4, 0.5) is 5.13 Å². The van der Waals surface area contributed by atoms with Gasteiger partial charge in [-0.25, -0.2) is 4.98 Å². The molecule has 27 heavy (non-hydrogen) atoms. The molecule has 3 aromatic rings. The molecule has 0 radical (unpaired) electrons. The summed E-state index contributed by atoms with van der Waals surface area (Å²) < 4.78 is 6.88. The maximum absolute atomic E-state index is 11.5. The van der Waals surface area contributed by atoms with Crippen molar-refractivity contribution in [2.75, 3.05) is 5.32 Å². The van der Waals surface area contributed by atoms with E-state index in [1.807, 2.05) is 18.2 Å². The van der Waals surface area contributed by atoms with Crippen LogP contribution < -0.4 is 10.1 Å². The highest BCUT2D eigenvalue weighted by Crippen LogP contribution is 2.33. The summed E-state index contributed by atoms with van der Waals surface area (Å²) in [5, 5.41) is 14.3. The van der Waals surface area contributed by atoms with E-state index in [-0.39, 0.29) is 17.9 Å². The first kappa shape index (κ1) is 17.9. The lowest BCUT2D eigenvalue weighted by Gasteiger charge is -2.27. The maximum atomic E-state index is 11.5. The van der Waals surface area contributed by atoms with Gasteiger partial charge in [0.15, 0.2) is 10.9 Å². The van der Waals surface area contributed by atoms with Crippen molar-refractivity contribution in [3.63, 3.8) is 0 Å². The molecule has 1 aliphatic rings. The van der Waals surface area contributed by atoms with Crippen LogP contribution in [0.5, 0.6) is 11.5 Å². The third-order valence-electron chi connectivity index (χ3n) is 4.73. The normalized spacial score (nSPS) is 19.8. The van der Waals surface area contributed by atoms with Gasteiger partial charge in [-0.3, -0.25) is 9.78 Å². The zero-order chi connectivity index (χ0) is 18.8.